The predicted octanol–water partition coefficient (Wildman–Crippen LogP) is 4.52. The predicted molar refractivity (Wildman–Crippen MR) is 144 cm³/mol. The number of likely N-dealkylation sites (N-methyl/N-ethyl adjacent to an activating group) is 1. The summed E-state index contributed by atoms with van der Waals surface area (Å²) < 4.78 is 36.5. The van der Waals surface area contributed by atoms with Gasteiger partial charge in [0, 0.05) is 30.3 Å². The van der Waals surface area contributed by atoms with E-state index in [1.165, 1.54) is 18.2 Å². The summed E-state index contributed by atoms with van der Waals surface area (Å²) in [5.41, 5.74) is 9.85. The number of fused-ring (bicyclic) bond motifs is 3. The summed E-state index contributed by atoms with van der Waals surface area (Å²) in [5, 5.41) is 13.4. The molecular formula is C29H27F2N5O3. The number of β-amino-alcohol motifs (C(OH)–C–C–N with tert-alkyl or cyclic N) is 1. The Morgan fingerprint density at radius 2 is 2.03 bits per heavy atom. The van der Waals surface area contributed by atoms with Crippen molar-refractivity contribution in [2.75, 3.05) is 25.5 Å². The van der Waals surface area contributed by atoms with E-state index < -0.39 is 23.8 Å². The summed E-state index contributed by atoms with van der Waals surface area (Å²) in [6.45, 7) is 1.24. The Morgan fingerprint density at radius 3 is 2.82 bits per heavy atom. The topological polar surface area (TPSA) is 106 Å². The van der Waals surface area contributed by atoms with Crippen molar-refractivity contribution in [1.82, 2.24) is 14.5 Å². The number of anilines is 1. The molecule has 3 aromatic carbocycles. The highest BCUT2D eigenvalue weighted by Gasteiger charge is 2.31. The van der Waals surface area contributed by atoms with Gasteiger partial charge in [-0.2, -0.15) is 0 Å². The molecule has 2 amide bonds. The van der Waals surface area contributed by atoms with Crippen molar-refractivity contribution in [2.24, 2.45) is 5.73 Å². The number of aliphatic hydroxyl groups excluding tert-OH is 1. The van der Waals surface area contributed by atoms with Gasteiger partial charge in [0.25, 0.3) is 0 Å². The molecule has 1 fully saturated rings. The lowest BCUT2D eigenvalue weighted by Gasteiger charge is -2.35. The second-order valence-electron chi connectivity index (χ2n) is 9.98. The Kier molecular flexibility index (Phi) is 6.28. The lowest BCUT2D eigenvalue weighted by molar-refractivity contribution is 0.0403. The van der Waals surface area contributed by atoms with E-state index in [0.717, 1.165) is 17.6 Å². The number of likely N-dealkylation sites (tertiary alicyclic amines) is 1. The first-order valence-corrected chi connectivity index (χ1v) is 12.7. The number of benzene rings is 3. The highest BCUT2D eigenvalue weighted by Crippen LogP contribution is 2.39. The van der Waals surface area contributed by atoms with Crippen LogP contribution in [-0.4, -0.2) is 51.8 Å². The second-order valence-corrected chi connectivity index (χ2v) is 9.98. The van der Waals surface area contributed by atoms with E-state index in [4.69, 9.17) is 10.5 Å². The van der Waals surface area contributed by atoms with Gasteiger partial charge < -0.3 is 25.0 Å². The number of nitrogens with two attached hydrogens (primary N) is 1. The smallest absolute Gasteiger partial charge is 0.318 e. The number of carbonyl (C=O) groups is 1. The van der Waals surface area contributed by atoms with E-state index in [0.29, 0.717) is 46.5 Å². The molecule has 39 heavy (non-hydrogen) atoms. The SMILES string of the molecule is CN1CC[C@H](n2c(NC(N)=O)nc3cc(/C=C4/c5ccc(F)cc5OCc5c(F)cccc54)ccc32)[C@@H](O)C1. The zero-order valence-electron chi connectivity index (χ0n) is 21.2. The number of amides is 2. The number of nitrogens with zero attached hydrogens (tertiary/aromatic N) is 3. The number of rotatable bonds is 3. The van der Waals surface area contributed by atoms with Crippen LogP contribution in [0.3, 0.4) is 0 Å². The highest BCUT2D eigenvalue weighted by molar-refractivity contribution is 5.96. The quantitative estimate of drug-likeness (QED) is 0.361. The van der Waals surface area contributed by atoms with Gasteiger partial charge in [0.1, 0.15) is 24.0 Å². The number of urea groups is 1. The lowest BCUT2D eigenvalue weighted by Crippen LogP contribution is -2.43. The molecule has 0 bridgehead atoms. The maximum Gasteiger partial charge on any atom is 0.318 e. The summed E-state index contributed by atoms with van der Waals surface area (Å²) in [5.74, 6) is -0.268. The summed E-state index contributed by atoms with van der Waals surface area (Å²) >= 11 is 0. The van der Waals surface area contributed by atoms with Crippen molar-refractivity contribution in [3.63, 3.8) is 0 Å². The Balaban J connectivity index is 1.50. The van der Waals surface area contributed by atoms with Crippen LogP contribution in [0.1, 0.15) is 34.7 Å². The molecule has 1 aromatic heterocycles. The maximum absolute atomic E-state index is 14.8. The number of imidazole rings is 1. The van der Waals surface area contributed by atoms with Crippen molar-refractivity contribution in [3.05, 3.63) is 88.5 Å². The van der Waals surface area contributed by atoms with E-state index in [-0.39, 0.29) is 18.6 Å². The Labute approximate surface area is 223 Å². The van der Waals surface area contributed by atoms with Crippen molar-refractivity contribution in [2.45, 2.75) is 25.2 Å². The number of primary amides is 1. The minimum Gasteiger partial charge on any atom is -0.488 e. The molecule has 8 nitrogen and oxygen atoms in total. The molecule has 0 spiro atoms. The largest absolute Gasteiger partial charge is 0.488 e. The molecule has 4 N–H and O–H groups in total. The van der Waals surface area contributed by atoms with Gasteiger partial charge in [0.05, 0.1) is 23.2 Å². The van der Waals surface area contributed by atoms with Crippen LogP contribution in [-0.2, 0) is 6.61 Å². The molecule has 2 aliphatic heterocycles. The van der Waals surface area contributed by atoms with Crippen molar-refractivity contribution in [3.8, 4) is 5.75 Å². The molecule has 200 valence electrons. The molecule has 1 saturated heterocycles. The van der Waals surface area contributed by atoms with Gasteiger partial charge in [-0.1, -0.05) is 18.2 Å². The van der Waals surface area contributed by atoms with E-state index in [1.54, 1.807) is 12.1 Å². The molecule has 3 heterocycles. The number of hydrogen-bond acceptors (Lipinski definition) is 5. The third kappa shape index (κ3) is 4.62. The van der Waals surface area contributed by atoms with Crippen LogP contribution in [0.4, 0.5) is 19.5 Å². The number of piperidine rings is 1. The molecule has 0 saturated carbocycles. The van der Waals surface area contributed by atoms with Crippen LogP contribution in [0.15, 0.2) is 54.6 Å². The van der Waals surface area contributed by atoms with E-state index in [2.05, 4.69) is 10.3 Å². The zero-order valence-corrected chi connectivity index (χ0v) is 21.2. The Bertz CT molecular complexity index is 1630. The first-order chi connectivity index (χ1) is 18.8. The van der Waals surface area contributed by atoms with Crippen LogP contribution in [0.25, 0.3) is 22.7 Å². The van der Waals surface area contributed by atoms with Gasteiger partial charge in [-0.25, -0.2) is 18.6 Å². The fourth-order valence-electron chi connectivity index (χ4n) is 5.53. The lowest BCUT2D eigenvalue weighted by atomic mass is 9.92. The monoisotopic (exact) mass is 531 g/mol. The highest BCUT2D eigenvalue weighted by atomic mass is 19.1. The summed E-state index contributed by atoms with van der Waals surface area (Å²) in [7, 11) is 1.95. The Morgan fingerprint density at radius 1 is 1.18 bits per heavy atom. The molecule has 0 aliphatic carbocycles. The number of halogens is 2. The van der Waals surface area contributed by atoms with Crippen LogP contribution in [0.2, 0.25) is 0 Å². The molecule has 2 atom stereocenters. The van der Waals surface area contributed by atoms with Crippen LogP contribution >= 0.6 is 0 Å². The Hall–Kier alpha value is -4.28. The van der Waals surface area contributed by atoms with Gasteiger partial charge in [-0.05, 0) is 66.6 Å². The number of hydrogen-bond donors (Lipinski definition) is 3. The third-order valence-electron chi connectivity index (χ3n) is 7.36. The standard InChI is InChI=1S/C29H27F2N5O3/c1-35-10-9-25(26(37)14-35)36-24-8-5-16(12-23(24)33-29(36)34-28(32)38)11-20-18-3-2-4-22(31)21(18)15-39-27-13-17(30)6-7-19(20)27/h2-8,11-13,25-26,37H,9-10,14-15H2,1H3,(H3,32,33,34,38)/b20-11+/t25-,26-/m0/s1. The summed E-state index contributed by atoms with van der Waals surface area (Å²) in [6, 6.07) is 13.6. The van der Waals surface area contributed by atoms with E-state index >= 15 is 0 Å². The van der Waals surface area contributed by atoms with Gasteiger partial charge in [0.2, 0.25) is 5.95 Å². The number of nitrogens with one attached hydrogen (secondary N) is 1. The molecule has 2 aliphatic rings. The molecule has 4 aromatic rings. The first-order valence-electron chi connectivity index (χ1n) is 12.7. The number of aliphatic hydroxyl groups is 1. The van der Waals surface area contributed by atoms with Gasteiger partial charge in [-0.3, -0.25) is 5.32 Å². The molecule has 0 radical (unpaired) electrons. The fraction of sp³-hybridized carbons (Fsp3) is 0.241. The number of aromatic nitrogens is 2. The summed E-state index contributed by atoms with van der Waals surface area (Å²) in [4.78, 5) is 18.4. The van der Waals surface area contributed by atoms with Crippen molar-refractivity contribution in [1.29, 1.82) is 0 Å². The second kappa shape index (κ2) is 9.79. The molecule has 0 unspecified atom stereocenters. The average molecular weight is 532 g/mol. The van der Waals surface area contributed by atoms with Crippen LogP contribution in [0, 0.1) is 11.6 Å². The number of ether oxygens (including phenoxy) is 1. The normalized spacial score (nSPS) is 20.3. The van der Waals surface area contributed by atoms with Crippen LogP contribution < -0.4 is 15.8 Å². The molecule has 6 rings (SSSR count). The molecular weight excluding hydrogens is 504 g/mol. The first kappa shape index (κ1) is 25.0. The summed E-state index contributed by atoms with van der Waals surface area (Å²) in [6.07, 6.45) is 1.89. The van der Waals surface area contributed by atoms with Crippen LogP contribution in [0.5, 0.6) is 5.75 Å². The van der Waals surface area contributed by atoms with Crippen molar-refractivity contribution >= 4 is 34.7 Å². The minimum atomic E-state index is -0.753. The van der Waals surface area contributed by atoms with E-state index in [1.807, 2.05) is 46.9 Å². The average Bonchev–Trinajstić information content (AvgIpc) is 3.14. The zero-order chi connectivity index (χ0) is 27.3. The van der Waals surface area contributed by atoms with Gasteiger partial charge in [-0.15, -0.1) is 0 Å². The maximum atomic E-state index is 14.8. The third-order valence-corrected chi connectivity index (χ3v) is 7.36. The van der Waals surface area contributed by atoms with Gasteiger partial charge in [0.15, 0.2) is 0 Å². The molecule has 10 heteroatoms. The van der Waals surface area contributed by atoms with E-state index in [9.17, 15) is 18.7 Å². The van der Waals surface area contributed by atoms with Gasteiger partial charge >= 0.3 is 6.03 Å². The number of carbonyl (C=O) groups excluding carboxylic acids is 1. The van der Waals surface area contributed by atoms with Crippen molar-refractivity contribution < 1.29 is 23.4 Å². The fourth-order valence-corrected chi connectivity index (χ4v) is 5.53. The minimum absolute atomic E-state index is 0.0275.